The van der Waals surface area contributed by atoms with Gasteiger partial charge < -0.3 is 0 Å². The van der Waals surface area contributed by atoms with Crippen LogP contribution in [0.3, 0.4) is 0 Å². The molecule has 7 heteroatoms. The van der Waals surface area contributed by atoms with Crippen molar-refractivity contribution in [3.63, 3.8) is 0 Å². The Morgan fingerprint density at radius 3 is 2.47 bits per heavy atom. The van der Waals surface area contributed by atoms with Crippen LogP contribution in [-0.4, -0.2) is 12.0 Å². The number of benzene rings is 1. The monoisotopic (exact) mass is 268 g/mol. The predicted octanol–water partition coefficient (Wildman–Crippen LogP) is 2.71. The average Bonchev–Trinajstić information content (AvgIpc) is 2.23. The van der Waals surface area contributed by atoms with E-state index in [1.54, 1.807) is 0 Å². The van der Waals surface area contributed by atoms with Gasteiger partial charge in [0.1, 0.15) is 5.82 Å². The van der Waals surface area contributed by atoms with E-state index in [1.807, 2.05) is 6.26 Å². The molecule has 0 aliphatic rings. The van der Waals surface area contributed by atoms with Crippen LogP contribution in [0, 0.1) is 5.82 Å². The first-order valence-corrected chi connectivity index (χ1v) is 6.11. The molecule has 1 unspecified atom stereocenters. The Balaban J connectivity index is 3.03. The molecule has 3 N–H and O–H groups in total. The number of nitrogens with one attached hydrogen (secondary N) is 1. The molecule has 0 fully saturated rings. The van der Waals surface area contributed by atoms with Crippen molar-refractivity contribution >= 4 is 11.8 Å². The maximum Gasteiger partial charge on any atom is 0.419 e. The number of alkyl halides is 3. The van der Waals surface area contributed by atoms with E-state index in [2.05, 4.69) is 5.43 Å². The fraction of sp³-hybridized carbons (Fsp3) is 0.400. The molecule has 0 amide bonds. The Bertz CT molecular complexity index is 381. The zero-order valence-corrected chi connectivity index (χ0v) is 9.83. The normalized spacial score (nSPS) is 13.8. The molecule has 17 heavy (non-hydrogen) atoms. The molecule has 0 radical (unpaired) electrons. The zero-order chi connectivity index (χ0) is 13.1. The smallest absolute Gasteiger partial charge is 0.271 e. The van der Waals surface area contributed by atoms with Crippen molar-refractivity contribution in [2.24, 2.45) is 5.84 Å². The van der Waals surface area contributed by atoms with Crippen molar-refractivity contribution < 1.29 is 17.6 Å². The minimum Gasteiger partial charge on any atom is -0.271 e. The lowest BCUT2D eigenvalue weighted by Gasteiger charge is -2.16. The summed E-state index contributed by atoms with van der Waals surface area (Å²) in [6.07, 6.45) is -2.85. The second-order valence-electron chi connectivity index (χ2n) is 3.41. The second-order valence-corrected chi connectivity index (χ2v) is 4.32. The molecular formula is C10H12F4N2S. The summed E-state index contributed by atoms with van der Waals surface area (Å²) in [6.45, 7) is 0. The van der Waals surface area contributed by atoms with Crippen LogP contribution in [0.25, 0.3) is 0 Å². The lowest BCUT2D eigenvalue weighted by Crippen LogP contribution is -2.29. The number of hydrogen-bond donors (Lipinski definition) is 2. The van der Waals surface area contributed by atoms with Gasteiger partial charge in [-0.15, -0.1) is 0 Å². The van der Waals surface area contributed by atoms with Gasteiger partial charge in [-0.25, -0.2) is 4.39 Å². The first-order valence-electron chi connectivity index (χ1n) is 4.72. The van der Waals surface area contributed by atoms with E-state index in [0.717, 1.165) is 12.1 Å². The van der Waals surface area contributed by atoms with E-state index < -0.39 is 17.6 Å². The van der Waals surface area contributed by atoms with Crippen LogP contribution in [0.5, 0.6) is 0 Å². The molecule has 1 rings (SSSR count). The fourth-order valence-corrected chi connectivity index (χ4v) is 2.01. The van der Waals surface area contributed by atoms with Crippen molar-refractivity contribution in [2.75, 3.05) is 12.0 Å². The van der Waals surface area contributed by atoms with Crippen LogP contribution in [-0.2, 0) is 6.18 Å². The quantitative estimate of drug-likeness (QED) is 0.501. The van der Waals surface area contributed by atoms with Crippen molar-refractivity contribution in [1.82, 2.24) is 5.43 Å². The first-order chi connectivity index (χ1) is 7.90. The highest BCUT2D eigenvalue weighted by Crippen LogP contribution is 2.32. The van der Waals surface area contributed by atoms with Crippen molar-refractivity contribution in [3.05, 3.63) is 35.1 Å². The highest BCUT2D eigenvalue weighted by atomic mass is 32.2. The van der Waals surface area contributed by atoms with Gasteiger partial charge in [-0.2, -0.15) is 24.9 Å². The molecule has 0 bridgehead atoms. The third-order valence-electron chi connectivity index (χ3n) is 2.24. The van der Waals surface area contributed by atoms with Crippen LogP contribution >= 0.6 is 11.8 Å². The molecule has 0 saturated carbocycles. The van der Waals surface area contributed by atoms with Gasteiger partial charge in [0.2, 0.25) is 0 Å². The number of nitrogens with two attached hydrogens (primary N) is 1. The summed E-state index contributed by atoms with van der Waals surface area (Å²) in [7, 11) is 0. The number of rotatable bonds is 4. The predicted molar refractivity (Wildman–Crippen MR) is 59.8 cm³/mol. The van der Waals surface area contributed by atoms with E-state index in [0.29, 0.717) is 11.3 Å². The van der Waals surface area contributed by atoms with Crippen LogP contribution in [0.2, 0.25) is 0 Å². The van der Waals surface area contributed by atoms with Crippen molar-refractivity contribution in [1.29, 1.82) is 0 Å². The van der Waals surface area contributed by atoms with E-state index in [4.69, 9.17) is 5.84 Å². The van der Waals surface area contributed by atoms with Gasteiger partial charge in [0.15, 0.2) is 0 Å². The summed E-state index contributed by atoms with van der Waals surface area (Å²) in [5, 5.41) is 0. The molecule has 1 aromatic carbocycles. The highest BCUT2D eigenvalue weighted by Gasteiger charge is 2.34. The van der Waals surface area contributed by atoms with Crippen LogP contribution in [0.1, 0.15) is 17.2 Å². The van der Waals surface area contributed by atoms with Crippen LogP contribution in [0.4, 0.5) is 17.6 Å². The van der Waals surface area contributed by atoms with Gasteiger partial charge in [0.05, 0.1) is 11.6 Å². The Morgan fingerprint density at radius 2 is 2.06 bits per heavy atom. The first kappa shape index (κ1) is 14.3. The van der Waals surface area contributed by atoms with E-state index in [9.17, 15) is 17.6 Å². The number of halogens is 4. The molecule has 0 spiro atoms. The van der Waals surface area contributed by atoms with Gasteiger partial charge >= 0.3 is 6.18 Å². The minimum absolute atomic E-state index is 0.373. The molecule has 0 heterocycles. The van der Waals surface area contributed by atoms with E-state index >= 15 is 0 Å². The van der Waals surface area contributed by atoms with Gasteiger partial charge in [-0.05, 0) is 24.0 Å². The third kappa shape index (κ3) is 3.58. The summed E-state index contributed by atoms with van der Waals surface area (Å²) in [5.41, 5.74) is 1.57. The molecule has 0 saturated heterocycles. The summed E-state index contributed by atoms with van der Waals surface area (Å²) in [4.78, 5) is 0. The maximum atomic E-state index is 13.3. The largest absolute Gasteiger partial charge is 0.419 e. The van der Waals surface area contributed by atoms with Gasteiger partial charge in [0, 0.05) is 5.75 Å². The maximum absolute atomic E-state index is 13.3. The van der Waals surface area contributed by atoms with Crippen LogP contribution < -0.4 is 11.3 Å². The molecular weight excluding hydrogens is 256 g/mol. The molecule has 96 valence electrons. The molecule has 1 atom stereocenters. The Morgan fingerprint density at radius 1 is 1.41 bits per heavy atom. The summed E-state index contributed by atoms with van der Waals surface area (Å²) in [6, 6.07) is 2.45. The molecule has 0 aliphatic carbocycles. The van der Waals surface area contributed by atoms with Gasteiger partial charge in [-0.1, -0.05) is 6.07 Å². The Kier molecular flexibility index (Phi) is 4.79. The number of thioether (sulfide) groups is 1. The average molecular weight is 268 g/mol. The Hall–Kier alpha value is -0.790. The lowest BCUT2D eigenvalue weighted by atomic mass is 10.1. The van der Waals surface area contributed by atoms with Crippen LogP contribution in [0.15, 0.2) is 18.2 Å². The molecule has 0 aliphatic heterocycles. The fourth-order valence-electron chi connectivity index (χ4n) is 1.39. The summed E-state index contributed by atoms with van der Waals surface area (Å²) >= 11 is 1.46. The number of hydrogen-bond acceptors (Lipinski definition) is 3. The SMILES string of the molecule is CSCC(NN)c1ccc(C(F)(F)F)c(F)c1. The topological polar surface area (TPSA) is 38.0 Å². The summed E-state index contributed by atoms with van der Waals surface area (Å²) in [5.74, 6) is 4.52. The lowest BCUT2D eigenvalue weighted by molar-refractivity contribution is -0.140. The van der Waals surface area contributed by atoms with Crippen molar-refractivity contribution in [3.8, 4) is 0 Å². The summed E-state index contributed by atoms with van der Waals surface area (Å²) < 4.78 is 50.3. The molecule has 2 nitrogen and oxygen atoms in total. The standard InChI is InChI=1S/C10H12F4N2S/c1-17-5-9(16-15)6-2-3-7(8(11)4-6)10(12,13)14/h2-4,9,16H,5,15H2,1H3. The third-order valence-corrected chi connectivity index (χ3v) is 2.90. The second kappa shape index (κ2) is 5.70. The molecule has 0 aromatic heterocycles. The Labute approximate surface area is 101 Å². The van der Waals surface area contributed by atoms with E-state index in [1.165, 1.54) is 17.8 Å². The molecule has 1 aromatic rings. The van der Waals surface area contributed by atoms with Gasteiger partial charge in [-0.3, -0.25) is 11.3 Å². The number of hydrazine groups is 1. The van der Waals surface area contributed by atoms with Gasteiger partial charge in [0.25, 0.3) is 0 Å². The van der Waals surface area contributed by atoms with Crippen molar-refractivity contribution in [2.45, 2.75) is 12.2 Å². The highest BCUT2D eigenvalue weighted by molar-refractivity contribution is 7.98. The van der Waals surface area contributed by atoms with E-state index in [-0.39, 0.29) is 6.04 Å². The zero-order valence-electron chi connectivity index (χ0n) is 9.01. The minimum atomic E-state index is -4.67.